The minimum atomic E-state index is -1.05. The summed E-state index contributed by atoms with van der Waals surface area (Å²) in [5.74, 6) is -3.00. The molecule has 6 atom stereocenters. The molecule has 13 nitrogen and oxygen atoms in total. The van der Waals surface area contributed by atoms with Crippen molar-refractivity contribution in [3.63, 3.8) is 0 Å². The number of rotatable bonds is 15. The summed E-state index contributed by atoms with van der Waals surface area (Å²) < 4.78 is 0. The van der Waals surface area contributed by atoms with E-state index in [-0.39, 0.29) is 67.3 Å². The Morgan fingerprint density at radius 1 is 0.926 bits per heavy atom. The molecular formula is C41H66N6O7. The lowest BCUT2D eigenvalue weighted by Crippen LogP contribution is -2.64. The number of nitrogens with zero attached hydrogens (tertiary/aromatic N) is 2. The second kappa shape index (κ2) is 16.5. The summed E-state index contributed by atoms with van der Waals surface area (Å²) in [4.78, 5) is 98.1. The highest BCUT2D eigenvalue weighted by atomic mass is 16.2. The van der Waals surface area contributed by atoms with E-state index in [9.17, 15) is 33.6 Å². The van der Waals surface area contributed by atoms with Crippen LogP contribution in [0.25, 0.3) is 0 Å². The first-order chi connectivity index (χ1) is 25.1. The molecule has 0 aromatic heterocycles. The highest BCUT2D eigenvalue weighted by Crippen LogP contribution is 2.65. The SMILES string of the molecule is C=CCNC(=O)C(=O)C(CCCC)NC(=O)[C@@H]1[C@@H]2[C@H](CN1C(=O)[C@@H](NC(=O)N[C@@H](CN1C(=O)CC(C)(C)CC1=O)C(C)(C)C)C1(C)CCCCC1)C2(C)C. The van der Waals surface area contributed by atoms with Crippen molar-refractivity contribution in [2.24, 2.45) is 33.5 Å². The van der Waals surface area contributed by atoms with Gasteiger partial charge in [0.2, 0.25) is 29.4 Å². The van der Waals surface area contributed by atoms with Crippen molar-refractivity contribution in [3.8, 4) is 0 Å². The predicted molar refractivity (Wildman–Crippen MR) is 206 cm³/mol. The first kappa shape index (κ1) is 43.0. The minimum Gasteiger partial charge on any atom is -0.346 e. The summed E-state index contributed by atoms with van der Waals surface area (Å²) in [6, 6.07) is -4.08. The molecule has 2 aliphatic heterocycles. The number of likely N-dealkylation sites (tertiary alicyclic amines) is 2. The van der Waals surface area contributed by atoms with Gasteiger partial charge in [0.05, 0.1) is 12.1 Å². The smallest absolute Gasteiger partial charge is 0.315 e. The monoisotopic (exact) mass is 754 g/mol. The molecule has 2 saturated heterocycles. The molecule has 2 aliphatic carbocycles. The first-order valence-electron chi connectivity index (χ1n) is 20.0. The quantitative estimate of drug-likeness (QED) is 0.110. The Balaban J connectivity index is 1.59. The van der Waals surface area contributed by atoms with E-state index < -0.39 is 64.0 Å². The number of carbonyl (C=O) groups excluding carboxylic acids is 7. The van der Waals surface area contributed by atoms with Gasteiger partial charge in [-0.25, -0.2) is 4.79 Å². The molecule has 0 spiro atoms. The molecule has 0 aromatic rings. The van der Waals surface area contributed by atoms with E-state index in [0.29, 0.717) is 25.8 Å². The fourth-order valence-corrected chi connectivity index (χ4v) is 8.97. The largest absolute Gasteiger partial charge is 0.346 e. The highest BCUT2D eigenvalue weighted by Gasteiger charge is 2.70. The van der Waals surface area contributed by atoms with E-state index >= 15 is 0 Å². The number of ketones is 1. The van der Waals surface area contributed by atoms with E-state index in [1.54, 1.807) is 4.90 Å². The lowest BCUT2D eigenvalue weighted by molar-refractivity contribution is -0.153. The van der Waals surface area contributed by atoms with E-state index in [4.69, 9.17) is 0 Å². The van der Waals surface area contributed by atoms with Crippen molar-refractivity contribution >= 4 is 41.4 Å². The van der Waals surface area contributed by atoms with Crippen molar-refractivity contribution in [1.29, 1.82) is 0 Å². The van der Waals surface area contributed by atoms with Crippen LogP contribution in [0.15, 0.2) is 12.7 Å². The van der Waals surface area contributed by atoms with Gasteiger partial charge in [-0.15, -0.1) is 6.58 Å². The van der Waals surface area contributed by atoms with Crippen LogP contribution in [0.1, 0.15) is 127 Å². The fraction of sp³-hybridized carbons (Fsp3) is 0.780. The van der Waals surface area contributed by atoms with Gasteiger partial charge in [0, 0.05) is 32.5 Å². The summed E-state index contributed by atoms with van der Waals surface area (Å²) in [5.41, 5.74) is -1.78. The maximum absolute atomic E-state index is 14.9. The van der Waals surface area contributed by atoms with Crippen molar-refractivity contribution in [1.82, 2.24) is 31.1 Å². The van der Waals surface area contributed by atoms with Crippen LogP contribution >= 0.6 is 0 Å². The Bertz CT molecular complexity index is 1470. The Labute approximate surface area is 321 Å². The maximum atomic E-state index is 14.9. The van der Waals surface area contributed by atoms with Gasteiger partial charge in [-0.3, -0.25) is 33.7 Å². The molecule has 2 heterocycles. The van der Waals surface area contributed by atoms with Crippen LogP contribution in [-0.4, -0.2) is 95.0 Å². The standard InChI is InChI=1S/C41H66N6O7/c1-11-13-17-26(32(50)35(52)42-20-12-2)43-34(51)31-30-25(40(30,8)9)23-47(31)36(53)33(41(10)18-15-14-16-19-41)45-37(54)44-27(38(3,4)5)24-46-28(48)21-39(6,7)22-29(46)49/h12,25-27,30-31,33H,2,11,13-24H2,1,3-10H3,(H,42,52)(H,43,51)(H2,44,45,54)/t25-,26?,27-,30-,31-,33+/m0/s1. The molecule has 0 bridgehead atoms. The zero-order chi connectivity index (χ0) is 40.4. The molecule has 302 valence electrons. The van der Waals surface area contributed by atoms with Crippen molar-refractivity contribution in [2.75, 3.05) is 19.6 Å². The molecule has 7 amide bonds. The number of amides is 7. The van der Waals surface area contributed by atoms with Gasteiger partial charge in [-0.05, 0) is 52.8 Å². The molecule has 4 aliphatic rings. The Hall–Kier alpha value is -3.77. The summed E-state index contributed by atoms with van der Waals surface area (Å²) in [5, 5.41) is 11.4. The topological polar surface area (TPSA) is 174 Å². The lowest BCUT2D eigenvalue weighted by Gasteiger charge is -2.44. The molecular weight excluding hydrogens is 688 g/mol. The minimum absolute atomic E-state index is 0.0108. The normalized spacial score (nSPS) is 25.8. The van der Waals surface area contributed by atoms with Crippen LogP contribution in [0.4, 0.5) is 4.79 Å². The number of piperidine rings is 2. The predicted octanol–water partition coefficient (Wildman–Crippen LogP) is 4.24. The van der Waals surface area contributed by atoms with E-state index in [0.717, 1.165) is 25.7 Å². The van der Waals surface area contributed by atoms with Crippen molar-refractivity contribution in [2.45, 2.75) is 151 Å². The van der Waals surface area contributed by atoms with E-state index in [1.165, 1.54) is 11.0 Å². The van der Waals surface area contributed by atoms with Crippen molar-refractivity contribution < 1.29 is 33.6 Å². The molecule has 1 unspecified atom stereocenters. The molecule has 4 rings (SSSR count). The summed E-state index contributed by atoms with van der Waals surface area (Å²) in [6.45, 7) is 21.7. The number of hydrogen-bond donors (Lipinski definition) is 4. The van der Waals surface area contributed by atoms with Gasteiger partial charge in [0.15, 0.2) is 0 Å². The van der Waals surface area contributed by atoms with Crippen LogP contribution in [0.3, 0.4) is 0 Å². The van der Waals surface area contributed by atoms with Gasteiger partial charge < -0.3 is 26.2 Å². The number of imide groups is 1. The number of nitrogens with one attached hydrogen (secondary N) is 4. The van der Waals surface area contributed by atoms with Crippen molar-refractivity contribution in [3.05, 3.63) is 12.7 Å². The Kier molecular flexibility index (Phi) is 13.2. The zero-order valence-corrected chi connectivity index (χ0v) is 34.2. The average Bonchev–Trinajstić information content (AvgIpc) is 3.37. The van der Waals surface area contributed by atoms with Gasteiger partial charge in [0.25, 0.3) is 5.91 Å². The number of carbonyl (C=O) groups is 7. The maximum Gasteiger partial charge on any atom is 0.315 e. The third-order valence-corrected chi connectivity index (χ3v) is 12.7. The molecule has 4 N–H and O–H groups in total. The number of unbranched alkanes of at least 4 members (excludes halogenated alkanes) is 1. The van der Waals surface area contributed by atoms with E-state index in [2.05, 4.69) is 41.7 Å². The molecule has 4 fully saturated rings. The van der Waals surface area contributed by atoms with Crippen LogP contribution in [0.5, 0.6) is 0 Å². The average molecular weight is 755 g/mol. The zero-order valence-electron chi connectivity index (χ0n) is 34.2. The summed E-state index contributed by atoms with van der Waals surface area (Å²) in [7, 11) is 0. The van der Waals surface area contributed by atoms with Crippen LogP contribution < -0.4 is 21.3 Å². The third-order valence-electron chi connectivity index (χ3n) is 12.7. The summed E-state index contributed by atoms with van der Waals surface area (Å²) in [6.07, 6.45) is 7.80. The summed E-state index contributed by atoms with van der Waals surface area (Å²) >= 11 is 0. The molecule has 0 radical (unpaired) electrons. The number of urea groups is 1. The van der Waals surface area contributed by atoms with Gasteiger partial charge in [-0.2, -0.15) is 0 Å². The van der Waals surface area contributed by atoms with Gasteiger partial charge in [0.1, 0.15) is 12.1 Å². The number of fused-ring (bicyclic) bond motifs is 1. The molecule has 0 aromatic carbocycles. The number of Topliss-reactive ketones (excluding diaryl/α,β-unsaturated/α-hetero) is 1. The highest BCUT2D eigenvalue weighted by molar-refractivity contribution is 6.38. The van der Waals surface area contributed by atoms with E-state index in [1.807, 2.05) is 48.5 Å². The number of hydrogen-bond acceptors (Lipinski definition) is 7. The Morgan fingerprint density at radius 3 is 2.09 bits per heavy atom. The van der Waals surface area contributed by atoms with Crippen LogP contribution in [-0.2, 0) is 28.8 Å². The Morgan fingerprint density at radius 2 is 1.54 bits per heavy atom. The van der Waals surface area contributed by atoms with Gasteiger partial charge >= 0.3 is 6.03 Å². The second-order valence-corrected chi connectivity index (χ2v) is 19.1. The molecule has 2 saturated carbocycles. The fourth-order valence-electron chi connectivity index (χ4n) is 8.97. The second-order valence-electron chi connectivity index (χ2n) is 19.1. The van der Waals surface area contributed by atoms with Crippen LogP contribution in [0, 0.1) is 33.5 Å². The van der Waals surface area contributed by atoms with Gasteiger partial charge in [-0.1, -0.05) is 100 Å². The third kappa shape index (κ3) is 9.53. The lowest BCUT2D eigenvalue weighted by atomic mass is 9.70. The molecule has 54 heavy (non-hydrogen) atoms. The molecule has 13 heteroatoms. The first-order valence-corrected chi connectivity index (χ1v) is 20.0. The van der Waals surface area contributed by atoms with Crippen LogP contribution in [0.2, 0.25) is 0 Å².